The third-order valence-corrected chi connectivity index (χ3v) is 8.90. The van der Waals surface area contributed by atoms with E-state index >= 15 is 0 Å². The first-order valence-corrected chi connectivity index (χ1v) is 16.2. The molecular formula is C35H39ClN8O. The number of benzene rings is 3. The Hall–Kier alpha value is -4.50. The molecule has 1 saturated carbocycles. The third-order valence-electron chi connectivity index (χ3n) is 8.67. The van der Waals surface area contributed by atoms with Crippen LogP contribution in [0, 0.1) is 0 Å². The van der Waals surface area contributed by atoms with Crippen molar-refractivity contribution in [1.82, 2.24) is 35.5 Å². The van der Waals surface area contributed by atoms with Crippen LogP contribution in [0.5, 0.6) is 0 Å². The van der Waals surface area contributed by atoms with Crippen molar-refractivity contribution in [3.63, 3.8) is 0 Å². The first-order valence-electron chi connectivity index (χ1n) is 15.8. The number of urea groups is 1. The van der Waals surface area contributed by atoms with Crippen molar-refractivity contribution >= 4 is 23.3 Å². The highest BCUT2D eigenvalue weighted by Gasteiger charge is 2.24. The number of H-pyrrole nitrogens is 1. The Bertz CT molecular complexity index is 1730. The number of amides is 2. The van der Waals surface area contributed by atoms with Gasteiger partial charge < -0.3 is 9.88 Å². The van der Waals surface area contributed by atoms with Crippen molar-refractivity contribution in [2.45, 2.75) is 70.9 Å². The number of aromatic amines is 1. The van der Waals surface area contributed by atoms with Crippen molar-refractivity contribution in [1.29, 1.82) is 0 Å². The van der Waals surface area contributed by atoms with Crippen LogP contribution in [0.25, 0.3) is 33.9 Å². The molecule has 1 aliphatic carbocycles. The minimum atomic E-state index is -0.0628. The molecule has 6 rings (SSSR count). The SMILES string of the molecule is CCCCc1cccc(N(C)C(=O)NC2CCCCC2)c1-c1nccn1Cc1ccc(-c2ccc(Cl)cc2-c2nnn[nH]2)cc1. The number of rotatable bonds is 10. The molecule has 2 heterocycles. The van der Waals surface area contributed by atoms with E-state index in [1.807, 2.05) is 43.7 Å². The van der Waals surface area contributed by atoms with Gasteiger partial charge in [0.25, 0.3) is 0 Å². The topological polar surface area (TPSA) is 105 Å². The summed E-state index contributed by atoms with van der Waals surface area (Å²) < 4.78 is 2.17. The zero-order valence-electron chi connectivity index (χ0n) is 25.8. The Morgan fingerprint density at radius 1 is 1.07 bits per heavy atom. The minimum absolute atomic E-state index is 0.0628. The van der Waals surface area contributed by atoms with Crippen LogP contribution in [0.4, 0.5) is 10.5 Å². The summed E-state index contributed by atoms with van der Waals surface area (Å²) in [6.45, 7) is 2.84. The van der Waals surface area contributed by atoms with E-state index in [2.05, 4.69) is 73.8 Å². The maximum atomic E-state index is 13.5. The lowest BCUT2D eigenvalue weighted by atomic mass is 9.95. The fourth-order valence-electron chi connectivity index (χ4n) is 6.22. The van der Waals surface area contributed by atoms with Crippen molar-refractivity contribution in [3.05, 3.63) is 89.2 Å². The lowest BCUT2D eigenvalue weighted by molar-refractivity contribution is 0.239. The number of hydrogen-bond donors (Lipinski definition) is 2. The molecule has 10 heteroatoms. The molecule has 1 fully saturated rings. The van der Waals surface area contributed by atoms with Gasteiger partial charge in [0.2, 0.25) is 0 Å². The number of hydrogen-bond acceptors (Lipinski definition) is 5. The van der Waals surface area contributed by atoms with E-state index in [0.717, 1.165) is 71.4 Å². The molecule has 0 aliphatic heterocycles. The molecule has 5 aromatic rings. The minimum Gasteiger partial charge on any atom is -0.335 e. The normalized spacial score (nSPS) is 13.6. The molecule has 0 radical (unpaired) electrons. The molecule has 0 saturated heterocycles. The quantitative estimate of drug-likeness (QED) is 0.165. The summed E-state index contributed by atoms with van der Waals surface area (Å²) in [5.74, 6) is 1.42. The van der Waals surface area contributed by atoms with Gasteiger partial charge in [-0.15, -0.1) is 5.10 Å². The van der Waals surface area contributed by atoms with Gasteiger partial charge in [0.15, 0.2) is 5.82 Å². The number of carbonyl (C=O) groups excluding carboxylic acids is 1. The van der Waals surface area contributed by atoms with Crippen LogP contribution < -0.4 is 10.2 Å². The number of unbranched alkanes of at least 4 members (excludes halogenated alkanes) is 1. The van der Waals surface area contributed by atoms with E-state index < -0.39 is 0 Å². The van der Waals surface area contributed by atoms with Crippen LogP contribution in [0.1, 0.15) is 63.0 Å². The molecule has 0 unspecified atom stereocenters. The Morgan fingerprint density at radius 3 is 2.64 bits per heavy atom. The summed E-state index contributed by atoms with van der Waals surface area (Å²) in [5.41, 5.74) is 7.07. The van der Waals surface area contributed by atoms with Gasteiger partial charge in [-0.1, -0.05) is 86.7 Å². The van der Waals surface area contributed by atoms with E-state index in [4.69, 9.17) is 16.6 Å². The number of halogens is 1. The van der Waals surface area contributed by atoms with Gasteiger partial charge in [-0.3, -0.25) is 4.90 Å². The molecule has 3 aromatic carbocycles. The maximum Gasteiger partial charge on any atom is 0.321 e. The Morgan fingerprint density at radius 2 is 1.89 bits per heavy atom. The van der Waals surface area contributed by atoms with E-state index in [9.17, 15) is 4.79 Å². The van der Waals surface area contributed by atoms with Crippen molar-refractivity contribution in [2.75, 3.05) is 11.9 Å². The molecule has 45 heavy (non-hydrogen) atoms. The predicted molar refractivity (Wildman–Crippen MR) is 179 cm³/mol. The number of aryl methyl sites for hydroxylation is 1. The van der Waals surface area contributed by atoms with Crippen LogP contribution in [0.2, 0.25) is 5.02 Å². The van der Waals surface area contributed by atoms with Crippen LogP contribution in [-0.4, -0.2) is 49.3 Å². The zero-order chi connectivity index (χ0) is 31.2. The summed E-state index contributed by atoms with van der Waals surface area (Å²) in [5, 5.41) is 18.3. The first kappa shape index (κ1) is 30.5. The van der Waals surface area contributed by atoms with Gasteiger partial charge >= 0.3 is 6.03 Å². The fraction of sp³-hybridized carbons (Fsp3) is 0.343. The third kappa shape index (κ3) is 6.93. The van der Waals surface area contributed by atoms with Gasteiger partial charge in [0, 0.05) is 48.2 Å². The van der Waals surface area contributed by atoms with Crippen LogP contribution in [-0.2, 0) is 13.0 Å². The van der Waals surface area contributed by atoms with E-state index in [0.29, 0.717) is 17.4 Å². The second kappa shape index (κ2) is 14.1. The van der Waals surface area contributed by atoms with Crippen LogP contribution in [0.15, 0.2) is 73.1 Å². The highest BCUT2D eigenvalue weighted by molar-refractivity contribution is 6.31. The Kier molecular flexibility index (Phi) is 9.55. The molecule has 2 amide bonds. The van der Waals surface area contributed by atoms with E-state index in [1.54, 1.807) is 4.90 Å². The van der Waals surface area contributed by atoms with E-state index in [1.165, 1.54) is 24.8 Å². The summed E-state index contributed by atoms with van der Waals surface area (Å²) in [4.78, 5) is 20.1. The van der Waals surface area contributed by atoms with Gasteiger partial charge in [-0.05, 0) is 76.6 Å². The first-order chi connectivity index (χ1) is 22.0. The molecule has 0 bridgehead atoms. The largest absolute Gasteiger partial charge is 0.335 e. The van der Waals surface area contributed by atoms with Gasteiger partial charge in [0.05, 0.1) is 5.69 Å². The van der Waals surface area contributed by atoms with Gasteiger partial charge in [-0.25, -0.2) is 14.9 Å². The Balaban J connectivity index is 1.29. The monoisotopic (exact) mass is 622 g/mol. The lowest BCUT2D eigenvalue weighted by Gasteiger charge is -2.28. The summed E-state index contributed by atoms with van der Waals surface area (Å²) in [6.07, 6.45) is 12.6. The standard InChI is InChI=1S/C35H39ClN8O/c1-3-4-9-26-10-8-13-31(43(2)35(45)38-28-11-6-5-7-12-28)32(26)34-37-20-21-44(34)23-24-14-16-25(17-15-24)29-19-18-27(36)22-30(29)33-39-41-42-40-33/h8,10,13-22,28H,3-7,9,11-12,23H2,1-2H3,(H,38,45)(H,39,40,41,42). The molecule has 0 spiro atoms. The number of nitrogens with one attached hydrogen (secondary N) is 2. The second-order valence-corrected chi connectivity index (χ2v) is 12.2. The van der Waals surface area contributed by atoms with Crippen molar-refractivity contribution < 1.29 is 4.79 Å². The van der Waals surface area contributed by atoms with E-state index in [-0.39, 0.29) is 12.1 Å². The Labute approximate surface area is 269 Å². The average molecular weight is 623 g/mol. The zero-order valence-corrected chi connectivity index (χ0v) is 26.6. The fourth-order valence-corrected chi connectivity index (χ4v) is 6.39. The number of imidazole rings is 1. The molecule has 2 N–H and O–H groups in total. The van der Waals surface area contributed by atoms with Crippen LogP contribution in [0.3, 0.4) is 0 Å². The number of nitrogens with zero attached hydrogens (tertiary/aromatic N) is 6. The predicted octanol–water partition coefficient (Wildman–Crippen LogP) is 7.92. The highest BCUT2D eigenvalue weighted by Crippen LogP contribution is 2.36. The number of aromatic nitrogens is 6. The van der Waals surface area contributed by atoms with Crippen molar-refractivity contribution in [3.8, 4) is 33.9 Å². The molecular weight excluding hydrogens is 584 g/mol. The second-order valence-electron chi connectivity index (χ2n) is 11.8. The molecule has 9 nitrogen and oxygen atoms in total. The summed E-state index contributed by atoms with van der Waals surface area (Å²) in [7, 11) is 1.87. The smallest absolute Gasteiger partial charge is 0.321 e. The lowest BCUT2D eigenvalue weighted by Crippen LogP contribution is -2.44. The summed E-state index contributed by atoms with van der Waals surface area (Å²) in [6, 6.07) is 20.6. The van der Waals surface area contributed by atoms with Gasteiger partial charge in [-0.2, -0.15) is 0 Å². The van der Waals surface area contributed by atoms with Crippen LogP contribution >= 0.6 is 11.6 Å². The van der Waals surface area contributed by atoms with Gasteiger partial charge in [0.1, 0.15) is 5.82 Å². The molecule has 0 atom stereocenters. The number of anilines is 1. The highest BCUT2D eigenvalue weighted by atomic mass is 35.5. The average Bonchev–Trinajstić information content (AvgIpc) is 3.77. The number of carbonyl (C=O) groups is 1. The number of tetrazole rings is 1. The molecule has 1 aliphatic rings. The van der Waals surface area contributed by atoms with Crippen molar-refractivity contribution in [2.24, 2.45) is 0 Å². The maximum absolute atomic E-state index is 13.5. The summed E-state index contributed by atoms with van der Waals surface area (Å²) >= 11 is 6.31. The molecule has 232 valence electrons. The molecule has 2 aromatic heterocycles.